The fourth-order valence-corrected chi connectivity index (χ4v) is 1.75. The maximum absolute atomic E-state index is 11.8. The summed E-state index contributed by atoms with van der Waals surface area (Å²) in [6.45, 7) is 3.14. The molecule has 0 aliphatic heterocycles. The van der Waals surface area contributed by atoms with Crippen LogP contribution < -0.4 is 4.74 Å². The van der Waals surface area contributed by atoms with Crippen molar-refractivity contribution in [3.05, 3.63) is 29.8 Å². The van der Waals surface area contributed by atoms with Gasteiger partial charge in [0.15, 0.2) is 0 Å². The molecule has 0 saturated carbocycles. The van der Waals surface area contributed by atoms with Crippen molar-refractivity contribution in [3.63, 3.8) is 0 Å². The number of methoxy groups -OCH3 is 1. The summed E-state index contributed by atoms with van der Waals surface area (Å²) in [5, 5.41) is 0. The average molecular weight is 324 g/mol. The first-order valence-corrected chi connectivity index (χ1v) is 7.65. The van der Waals surface area contributed by atoms with Crippen LogP contribution in [0.3, 0.4) is 0 Å². The predicted octanol–water partition coefficient (Wildman–Crippen LogP) is 2.60. The molecule has 1 aromatic rings. The lowest BCUT2D eigenvalue weighted by Crippen LogP contribution is -2.09. The summed E-state index contributed by atoms with van der Waals surface area (Å²) in [5.74, 6) is -0.0255. The molecule has 0 radical (unpaired) electrons. The highest BCUT2D eigenvalue weighted by molar-refractivity contribution is 5.89. The molecule has 0 N–H and O–H groups in total. The average Bonchev–Trinajstić information content (AvgIpc) is 2.54. The molecule has 0 saturated heterocycles. The van der Waals surface area contributed by atoms with Gasteiger partial charge in [0.05, 0.1) is 25.4 Å². The third-order valence-corrected chi connectivity index (χ3v) is 2.93. The fraction of sp³-hybridized carbons (Fsp3) is 0.529. The molecule has 0 atom stereocenters. The van der Waals surface area contributed by atoms with Crippen LogP contribution in [0.4, 0.5) is 0 Å². The van der Waals surface area contributed by atoms with Crippen LogP contribution in [0.2, 0.25) is 0 Å². The van der Waals surface area contributed by atoms with E-state index in [1.54, 1.807) is 31.4 Å². The second-order valence-corrected chi connectivity index (χ2v) is 4.90. The van der Waals surface area contributed by atoms with Gasteiger partial charge in [0.25, 0.3) is 0 Å². The molecular weight excluding hydrogens is 300 g/mol. The van der Waals surface area contributed by atoms with Crippen molar-refractivity contribution in [2.75, 3.05) is 33.5 Å². The van der Waals surface area contributed by atoms with Gasteiger partial charge in [0, 0.05) is 27.1 Å². The topological polar surface area (TPSA) is 71.1 Å². The largest absolute Gasteiger partial charge is 0.494 e. The molecular formula is C17H24O6. The number of benzene rings is 1. The molecule has 0 aliphatic carbocycles. The number of esters is 2. The molecule has 0 unspecified atom stereocenters. The first-order valence-electron chi connectivity index (χ1n) is 7.65. The molecule has 1 aromatic carbocycles. The Bertz CT molecular complexity index is 468. The number of unbranched alkanes of at least 4 members (excludes halogenated alkanes) is 1. The van der Waals surface area contributed by atoms with E-state index in [1.165, 1.54) is 6.92 Å². The highest BCUT2D eigenvalue weighted by atomic mass is 16.5. The van der Waals surface area contributed by atoms with Crippen molar-refractivity contribution in [1.82, 2.24) is 0 Å². The fourth-order valence-electron chi connectivity index (χ4n) is 1.75. The van der Waals surface area contributed by atoms with Gasteiger partial charge in [-0.25, -0.2) is 4.79 Å². The Labute approximate surface area is 136 Å². The Balaban J connectivity index is 2.23. The molecule has 0 fully saturated rings. The third-order valence-electron chi connectivity index (χ3n) is 2.93. The van der Waals surface area contributed by atoms with E-state index in [1.807, 2.05) is 0 Å². The van der Waals surface area contributed by atoms with Gasteiger partial charge in [-0.15, -0.1) is 0 Å². The number of carbonyl (C=O) groups is 2. The van der Waals surface area contributed by atoms with E-state index in [0.29, 0.717) is 24.3 Å². The minimum atomic E-state index is -0.403. The standard InChI is InChI=1S/C17H24O6/c1-14(18)21-12-5-13-23-17(19)15-6-8-16(9-7-15)22-11-4-3-10-20-2/h6-9H,3-5,10-13H2,1-2H3. The van der Waals surface area contributed by atoms with Gasteiger partial charge in [-0.3, -0.25) is 4.79 Å². The maximum atomic E-state index is 11.8. The lowest BCUT2D eigenvalue weighted by Gasteiger charge is -2.08. The van der Waals surface area contributed by atoms with Crippen LogP contribution in [-0.2, 0) is 19.0 Å². The van der Waals surface area contributed by atoms with Crippen LogP contribution in [-0.4, -0.2) is 45.5 Å². The first kappa shape index (κ1) is 19.0. The van der Waals surface area contributed by atoms with Crippen molar-refractivity contribution < 1.29 is 28.5 Å². The molecule has 0 aromatic heterocycles. The van der Waals surface area contributed by atoms with E-state index in [-0.39, 0.29) is 19.2 Å². The summed E-state index contributed by atoms with van der Waals surface area (Å²) in [6.07, 6.45) is 2.35. The molecule has 6 heteroatoms. The van der Waals surface area contributed by atoms with Crippen molar-refractivity contribution in [1.29, 1.82) is 0 Å². The normalized spacial score (nSPS) is 10.2. The Kier molecular flexibility index (Phi) is 9.47. The lowest BCUT2D eigenvalue weighted by atomic mass is 10.2. The lowest BCUT2D eigenvalue weighted by molar-refractivity contribution is -0.141. The number of rotatable bonds is 11. The molecule has 0 spiro atoms. The SMILES string of the molecule is COCCCCOc1ccc(C(=O)OCCCOC(C)=O)cc1. The minimum Gasteiger partial charge on any atom is -0.494 e. The molecule has 0 aliphatic rings. The van der Waals surface area contributed by atoms with Crippen molar-refractivity contribution in [2.24, 2.45) is 0 Å². The van der Waals surface area contributed by atoms with E-state index in [4.69, 9.17) is 18.9 Å². The van der Waals surface area contributed by atoms with Crippen LogP contribution >= 0.6 is 0 Å². The zero-order chi connectivity index (χ0) is 16.9. The van der Waals surface area contributed by atoms with Gasteiger partial charge < -0.3 is 18.9 Å². The second kappa shape index (κ2) is 11.5. The smallest absolute Gasteiger partial charge is 0.338 e. The van der Waals surface area contributed by atoms with Gasteiger partial charge in [0.1, 0.15) is 5.75 Å². The number of hydrogen-bond donors (Lipinski definition) is 0. The minimum absolute atomic E-state index is 0.212. The maximum Gasteiger partial charge on any atom is 0.338 e. The summed E-state index contributed by atoms with van der Waals surface area (Å²) in [5.41, 5.74) is 0.462. The molecule has 128 valence electrons. The summed E-state index contributed by atoms with van der Waals surface area (Å²) in [4.78, 5) is 22.4. The zero-order valence-corrected chi connectivity index (χ0v) is 13.7. The molecule has 1 rings (SSSR count). The van der Waals surface area contributed by atoms with Gasteiger partial charge in [0.2, 0.25) is 0 Å². The van der Waals surface area contributed by atoms with Crippen LogP contribution in [0.25, 0.3) is 0 Å². The Morgan fingerprint density at radius 3 is 2.17 bits per heavy atom. The van der Waals surface area contributed by atoms with E-state index >= 15 is 0 Å². The summed E-state index contributed by atoms with van der Waals surface area (Å²) >= 11 is 0. The zero-order valence-electron chi connectivity index (χ0n) is 13.7. The van der Waals surface area contributed by atoms with Crippen molar-refractivity contribution in [3.8, 4) is 5.75 Å². The summed E-state index contributed by atoms with van der Waals surface area (Å²) < 4.78 is 20.4. The molecule has 0 amide bonds. The Morgan fingerprint density at radius 1 is 0.870 bits per heavy atom. The van der Waals surface area contributed by atoms with E-state index in [0.717, 1.165) is 19.4 Å². The quantitative estimate of drug-likeness (QED) is 0.460. The van der Waals surface area contributed by atoms with Crippen LogP contribution in [0.5, 0.6) is 5.75 Å². The van der Waals surface area contributed by atoms with Crippen LogP contribution in [0.1, 0.15) is 36.5 Å². The molecule has 6 nitrogen and oxygen atoms in total. The van der Waals surface area contributed by atoms with E-state index < -0.39 is 5.97 Å². The highest BCUT2D eigenvalue weighted by Gasteiger charge is 2.07. The van der Waals surface area contributed by atoms with Crippen molar-refractivity contribution >= 4 is 11.9 Å². The van der Waals surface area contributed by atoms with Gasteiger partial charge >= 0.3 is 11.9 Å². The van der Waals surface area contributed by atoms with Gasteiger partial charge in [-0.05, 0) is 37.1 Å². The second-order valence-electron chi connectivity index (χ2n) is 4.90. The molecule has 0 heterocycles. The summed E-state index contributed by atoms with van der Waals surface area (Å²) in [6, 6.07) is 6.81. The Morgan fingerprint density at radius 2 is 1.52 bits per heavy atom. The monoisotopic (exact) mass is 324 g/mol. The third kappa shape index (κ3) is 8.83. The highest BCUT2D eigenvalue weighted by Crippen LogP contribution is 2.13. The van der Waals surface area contributed by atoms with Gasteiger partial charge in [-0.2, -0.15) is 0 Å². The first-order chi connectivity index (χ1) is 11.1. The number of hydrogen-bond acceptors (Lipinski definition) is 6. The number of carbonyl (C=O) groups excluding carboxylic acids is 2. The number of ether oxygens (including phenoxy) is 4. The molecule has 23 heavy (non-hydrogen) atoms. The molecule has 0 bridgehead atoms. The van der Waals surface area contributed by atoms with E-state index in [9.17, 15) is 9.59 Å². The summed E-state index contributed by atoms with van der Waals surface area (Å²) in [7, 11) is 1.68. The van der Waals surface area contributed by atoms with Crippen LogP contribution in [0.15, 0.2) is 24.3 Å². The van der Waals surface area contributed by atoms with Gasteiger partial charge in [-0.1, -0.05) is 0 Å². The van der Waals surface area contributed by atoms with E-state index in [2.05, 4.69) is 0 Å². The van der Waals surface area contributed by atoms with Crippen LogP contribution in [0, 0.1) is 0 Å². The predicted molar refractivity (Wildman–Crippen MR) is 84.6 cm³/mol. The van der Waals surface area contributed by atoms with Crippen molar-refractivity contribution in [2.45, 2.75) is 26.2 Å². The Hall–Kier alpha value is -2.08.